The number of piperidine rings is 1. The third kappa shape index (κ3) is 3.67. The molecule has 120 valence electrons. The van der Waals surface area contributed by atoms with Crippen molar-refractivity contribution in [3.8, 4) is 11.8 Å². The zero-order chi connectivity index (χ0) is 16.2. The maximum atomic E-state index is 12.7. The first kappa shape index (κ1) is 15.5. The van der Waals surface area contributed by atoms with E-state index in [-0.39, 0.29) is 5.91 Å². The second kappa shape index (κ2) is 6.77. The number of likely N-dealkylation sites (tertiary alicyclic amines) is 1. The Labute approximate surface area is 136 Å². The highest BCUT2D eigenvalue weighted by Gasteiger charge is 2.24. The summed E-state index contributed by atoms with van der Waals surface area (Å²) in [5.41, 5.74) is 1.48. The molecule has 1 amide bonds. The minimum atomic E-state index is 0.0628. The van der Waals surface area contributed by atoms with E-state index in [0.717, 1.165) is 25.1 Å². The highest BCUT2D eigenvalue weighted by Crippen LogP contribution is 2.23. The molecule has 1 aliphatic rings. The van der Waals surface area contributed by atoms with E-state index >= 15 is 0 Å². The fourth-order valence-corrected chi connectivity index (χ4v) is 2.84. The summed E-state index contributed by atoms with van der Waals surface area (Å²) >= 11 is 0. The fourth-order valence-electron chi connectivity index (χ4n) is 2.84. The van der Waals surface area contributed by atoms with Crippen LogP contribution < -0.4 is 4.74 Å². The molecule has 0 aliphatic carbocycles. The standard InChI is InChI=1S/C18H21N3O2/c1-13-9-10-19-18(20-13)23-16-8-5-7-15(12-16)17(22)21-11-4-3-6-14(21)2/h5,7-10,12,14H,3-4,6,11H2,1-2H3/t14-/m1/s1. The third-order valence-corrected chi connectivity index (χ3v) is 4.13. The number of nitrogens with zero attached hydrogens (tertiary/aromatic N) is 3. The van der Waals surface area contributed by atoms with E-state index in [9.17, 15) is 4.79 Å². The number of hydrogen-bond acceptors (Lipinski definition) is 4. The Kier molecular flexibility index (Phi) is 4.55. The minimum Gasteiger partial charge on any atom is -0.424 e. The second-order valence-electron chi connectivity index (χ2n) is 5.95. The molecule has 5 nitrogen and oxygen atoms in total. The van der Waals surface area contributed by atoms with Crippen LogP contribution in [0, 0.1) is 6.92 Å². The van der Waals surface area contributed by atoms with E-state index in [4.69, 9.17) is 4.74 Å². The van der Waals surface area contributed by atoms with Crippen molar-refractivity contribution in [1.29, 1.82) is 0 Å². The number of carbonyl (C=O) groups excluding carboxylic acids is 1. The van der Waals surface area contributed by atoms with Crippen LogP contribution in [0.25, 0.3) is 0 Å². The SMILES string of the molecule is Cc1ccnc(Oc2cccc(C(=O)N3CCCC[C@H]3C)c2)n1. The quantitative estimate of drug-likeness (QED) is 0.869. The molecule has 1 aliphatic heterocycles. The molecule has 1 aromatic carbocycles. The molecule has 1 saturated heterocycles. The summed E-state index contributed by atoms with van der Waals surface area (Å²) in [5, 5.41) is 0. The highest BCUT2D eigenvalue weighted by molar-refractivity contribution is 5.94. The average Bonchev–Trinajstić information content (AvgIpc) is 2.55. The molecule has 0 spiro atoms. The Bertz CT molecular complexity index is 702. The van der Waals surface area contributed by atoms with Gasteiger partial charge in [-0.15, -0.1) is 0 Å². The number of aryl methyl sites for hydroxylation is 1. The van der Waals surface area contributed by atoms with Gasteiger partial charge in [0.1, 0.15) is 5.75 Å². The summed E-state index contributed by atoms with van der Waals surface area (Å²) in [4.78, 5) is 23.0. The lowest BCUT2D eigenvalue weighted by Crippen LogP contribution is -2.42. The molecular formula is C18H21N3O2. The Balaban J connectivity index is 1.78. The van der Waals surface area contributed by atoms with Crippen LogP contribution in [-0.2, 0) is 0 Å². The van der Waals surface area contributed by atoms with Crippen molar-refractivity contribution < 1.29 is 9.53 Å². The van der Waals surface area contributed by atoms with Gasteiger partial charge in [0, 0.05) is 30.0 Å². The van der Waals surface area contributed by atoms with Gasteiger partial charge in [0.25, 0.3) is 5.91 Å². The van der Waals surface area contributed by atoms with Crippen LogP contribution in [0.15, 0.2) is 36.5 Å². The Hall–Kier alpha value is -2.43. The largest absolute Gasteiger partial charge is 0.424 e. The summed E-state index contributed by atoms with van der Waals surface area (Å²) in [6.07, 6.45) is 4.99. The van der Waals surface area contributed by atoms with E-state index in [1.807, 2.05) is 36.1 Å². The third-order valence-electron chi connectivity index (χ3n) is 4.13. The van der Waals surface area contributed by atoms with E-state index in [2.05, 4.69) is 16.9 Å². The molecule has 2 heterocycles. The van der Waals surface area contributed by atoms with Gasteiger partial charge in [-0.05, 0) is 57.4 Å². The van der Waals surface area contributed by atoms with Gasteiger partial charge in [0.15, 0.2) is 0 Å². The predicted molar refractivity (Wildman–Crippen MR) is 87.6 cm³/mol. The topological polar surface area (TPSA) is 55.3 Å². The van der Waals surface area contributed by atoms with Crippen molar-refractivity contribution in [3.63, 3.8) is 0 Å². The maximum Gasteiger partial charge on any atom is 0.322 e. The van der Waals surface area contributed by atoms with Crippen molar-refractivity contribution in [3.05, 3.63) is 47.8 Å². The first-order chi connectivity index (χ1) is 11.1. The number of rotatable bonds is 3. The monoisotopic (exact) mass is 311 g/mol. The van der Waals surface area contributed by atoms with Crippen LogP contribution in [0.5, 0.6) is 11.8 Å². The van der Waals surface area contributed by atoms with Crippen molar-refractivity contribution in [1.82, 2.24) is 14.9 Å². The number of hydrogen-bond donors (Lipinski definition) is 0. The lowest BCUT2D eigenvalue weighted by atomic mass is 10.0. The van der Waals surface area contributed by atoms with Crippen molar-refractivity contribution in [2.45, 2.75) is 39.2 Å². The van der Waals surface area contributed by atoms with Gasteiger partial charge in [-0.3, -0.25) is 4.79 Å². The van der Waals surface area contributed by atoms with Crippen LogP contribution in [-0.4, -0.2) is 33.4 Å². The molecule has 0 N–H and O–H groups in total. The van der Waals surface area contributed by atoms with E-state index in [1.54, 1.807) is 12.3 Å². The van der Waals surface area contributed by atoms with Gasteiger partial charge < -0.3 is 9.64 Å². The van der Waals surface area contributed by atoms with Gasteiger partial charge in [-0.25, -0.2) is 9.97 Å². The lowest BCUT2D eigenvalue weighted by Gasteiger charge is -2.33. The fraction of sp³-hybridized carbons (Fsp3) is 0.389. The van der Waals surface area contributed by atoms with Gasteiger partial charge in [0.2, 0.25) is 0 Å². The van der Waals surface area contributed by atoms with E-state index in [0.29, 0.717) is 23.4 Å². The van der Waals surface area contributed by atoms with Gasteiger partial charge in [-0.2, -0.15) is 0 Å². The van der Waals surface area contributed by atoms with Gasteiger partial charge in [-0.1, -0.05) is 6.07 Å². The molecule has 1 atom stereocenters. The zero-order valence-corrected chi connectivity index (χ0v) is 13.5. The number of amides is 1. The molecule has 1 aromatic heterocycles. The maximum absolute atomic E-state index is 12.7. The van der Waals surface area contributed by atoms with Crippen molar-refractivity contribution >= 4 is 5.91 Å². The average molecular weight is 311 g/mol. The molecule has 2 aromatic rings. The number of ether oxygens (including phenoxy) is 1. The van der Waals surface area contributed by atoms with Gasteiger partial charge >= 0.3 is 6.01 Å². The predicted octanol–water partition coefficient (Wildman–Crippen LogP) is 3.59. The highest BCUT2D eigenvalue weighted by atomic mass is 16.5. The Morgan fingerprint density at radius 2 is 2.17 bits per heavy atom. The van der Waals surface area contributed by atoms with Crippen LogP contribution in [0.3, 0.4) is 0 Å². The number of benzene rings is 1. The molecule has 0 unspecified atom stereocenters. The molecule has 5 heteroatoms. The number of aromatic nitrogens is 2. The van der Waals surface area contributed by atoms with E-state index < -0.39 is 0 Å². The molecule has 1 fully saturated rings. The summed E-state index contributed by atoms with van der Waals surface area (Å²) in [5.74, 6) is 0.638. The summed E-state index contributed by atoms with van der Waals surface area (Å²) in [6.45, 7) is 4.82. The zero-order valence-electron chi connectivity index (χ0n) is 13.5. The Morgan fingerprint density at radius 1 is 1.30 bits per heavy atom. The molecule has 0 radical (unpaired) electrons. The Morgan fingerprint density at radius 3 is 2.96 bits per heavy atom. The van der Waals surface area contributed by atoms with Crippen molar-refractivity contribution in [2.24, 2.45) is 0 Å². The summed E-state index contributed by atoms with van der Waals surface area (Å²) in [7, 11) is 0. The molecule has 23 heavy (non-hydrogen) atoms. The molecule has 0 bridgehead atoms. The molecular weight excluding hydrogens is 290 g/mol. The summed E-state index contributed by atoms with van der Waals surface area (Å²) in [6, 6.07) is 9.62. The van der Waals surface area contributed by atoms with Crippen LogP contribution >= 0.6 is 0 Å². The summed E-state index contributed by atoms with van der Waals surface area (Å²) < 4.78 is 5.67. The molecule has 0 saturated carbocycles. The minimum absolute atomic E-state index is 0.0628. The normalized spacial score (nSPS) is 17.8. The first-order valence-corrected chi connectivity index (χ1v) is 8.02. The smallest absolute Gasteiger partial charge is 0.322 e. The van der Waals surface area contributed by atoms with Crippen LogP contribution in [0.1, 0.15) is 42.2 Å². The first-order valence-electron chi connectivity index (χ1n) is 8.02. The van der Waals surface area contributed by atoms with Crippen LogP contribution in [0.4, 0.5) is 0 Å². The lowest BCUT2D eigenvalue weighted by molar-refractivity contribution is 0.0635. The number of carbonyl (C=O) groups is 1. The van der Waals surface area contributed by atoms with E-state index in [1.165, 1.54) is 6.42 Å². The van der Waals surface area contributed by atoms with Crippen LogP contribution in [0.2, 0.25) is 0 Å². The molecule has 3 rings (SSSR count). The van der Waals surface area contributed by atoms with Crippen molar-refractivity contribution in [2.75, 3.05) is 6.54 Å². The second-order valence-corrected chi connectivity index (χ2v) is 5.95. The van der Waals surface area contributed by atoms with Gasteiger partial charge in [0.05, 0.1) is 0 Å².